The fourth-order valence-electron chi connectivity index (χ4n) is 3.03. The zero-order chi connectivity index (χ0) is 14.6. The molecule has 3 nitrogen and oxygen atoms in total. The van der Waals surface area contributed by atoms with E-state index in [4.69, 9.17) is 0 Å². The summed E-state index contributed by atoms with van der Waals surface area (Å²) in [6, 6.07) is 8.40. The average Bonchev–Trinajstić information content (AvgIpc) is 2.41. The molecule has 1 fully saturated rings. The van der Waals surface area contributed by atoms with E-state index in [9.17, 15) is 5.11 Å². The van der Waals surface area contributed by atoms with Crippen molar-refractivity contribution in [3.63, 3.8) is 0 Å². The lowest BCUT2D eigenvalue weighted by Crippen LogP contribution is -2.52. The number of benzene rings is 1. The van der Waals surface area contributed by atoms with Crippen molar-refractivity contribution in [3.8, 4) is 0 Å². The van der Waals surface area contributed by atoms with Crippen molar-refractivity contribution in [1.29, 1.82) is 0 Å². The third kappa shape index (κ3) is 3.97. The van der Waals surface area contributed by atoms with Gasteiger partial charge in [0.25, 0.3) is 0 Å². The van der Waals surface area contributed by atoms with Gasteiger partial charge in [-0.15, -0.1) is 0 Å². The Hall–Kier alpha value is -1.06. The maximum Gasteiger partial charge on any atom is 0.0662 e. The van der Waals surface area contributed by atoms with Crippen molar-refractivity contribution in [2.24, 2.45) is 5.92 Å². The van der Waals surface area contributed by atoms with Gasteiger partial charge in [0.1, 0.15) is 0 Å². The molecule has 2 rings (SSSR count). The number of likely N-dealkylation sites (tertiary alicyclic amines) is 1. The normalized spacial score (nSPS) is 19.2. The van der Waals surface area contributed by atoms with Crippen molar-refractivity contribution in [1.82, 2.24) is 4.90 Å². The molecule has 0 amide bonds. The summed E-state index contributed by atoms with van der Waals surface area (Å²) in [6.45, 7) is 10.1. The topological polar surface area (TPSA) is 35.5 Å². The lowest BCUT2D eigenvalue weighted by molar-refractivity contribution is 0.111. The molecule has 3 heteroatoms. The number of aliphatic hydroxyl groups excluding tert-OH is 1. The van der Waals surface area contributed by atoms with E-state index in [2.05, 4.69) is 55.3 Å². The Labute approximate surface area is 123 Å². The van der Waals surface area contributed by atoms with Crippen LogP contribution in [0.5, 0.6) is 0 Å². The molecule has 0 bridgehead atoms. The lowest BCUT2D eigenvalue weighted by Gasteiger charge is -2.42. The molecule has 1 saturated heterocycles. The third-order valence-electron chi connectivity index (χ3n) is 4.17. The van der Waals surface area contributed by atoms with Crippen LogP contribution in [0.4, 0.5) is 5.69 Å². The standard InChI is InChI=1S/C17H28N2O/c1-14(2)12-19-9-7-17(13-20,8-10-19)18-16-6-4-5-15(3)11-16/h4-6,11,14,18,20H,7-10,12-13H2,1-3H3. The Morgan fingerprint density at radius 2 is 2.00 bits per heavy atom. The van der Waals surface area contributed by atoms with Crippen LogP contribution in [0.3, 0.4) is 0 Å². The van der Waals surface area contributed by atoms with Crippen LogP contribution in [-0.2, 0) is 0 Å². The molecule has 0 aromatic heterocycles. The van der Waals surface area contributed by atoms with Gasteiger partial charge >= 0.3 is 0 Å². The number of hydrogen-bond acceptors (Lipinski definition) is 3. The highest BCUT2D eigenvalue weighted by Gasteiger charge is 2.33. The predicted octanol–water partition coefficient (Wildman–Crippen LogP) is 2.89. The van der Waals surface area contributed by atoms with E-state index < -0.39 is 0 Å². The summed E-state index contributed by atoms with van der Waals surface area (Å²) in [5.41, 5.74) is 2.22. The van der Waals surface area contributed by atoms with Gasteiger partial charge in [0.05, 0.1) is 12.1 Å². The summed E-state index contributed by atoms with van der Waals surface area (Å²) in [5, 5.41) is 13.4. The first-order valence-electron chi connectivity index (χ1n) is 7.71. The highest BCUT2D eigenvalue weighted by molar-refractivity contribution is 5.48. The number of aliphatic hydroxyl groups is 1. The highest BCUT2D eigenvalue weighted by Crippen LogP contribution is 2.27. The first-order chi connectivity index (χ1) is 9.53. The van der Waals surface area contributed by atoms with Gasteiger partial charge in [0, 0.05) is 25.3 Å². The Balaban J connectivity index is 1.98. The molecule has 0 radical (unpaired) electrons. The molecule has 20 heavy (non-hydrogen) atoms. The molecular weight excluding hydrogens is 248 g/mol. The van der Waals surface area contributed by atoms with E-state index in [1.807, 2.05) is 0 Å². The average molecular weight is 276 g/mol. The Morgan fingerprint density at radius 3 is 2.55 bits per heavy atom. The van der Waals surface area contributed by atoms with Gasteiger partial charge in [-0.2, -0.15) is 0 Å². The number of aryl methyl sites for hydroxylation is 1. The second-order valence-electron chi connectivity index (χ2n) is 6.63. The van der Waals surface area contributed by atoms with Crippen LogP contribution in [-0.4, -0.2) is 41.8 Å². The molecule has 0 atom stereocenters. The second-order valence-corrected chi connectivity index (χ2v) is 6.63. The summed E-state index contributed by atoms with van der Waals surface area (Å²) in [5.74, 6) is 0.710. The summed E-state index contributed by atoms with van der Waals surface area (Å²) >= 11 is 0. The minimum Gasteiger partial charge on any atom is -0.394 e. The number of rotatable bonds is 5. The summed E-state index contributed by atoms with van der Waals surface area (Å²) in [4.78, 5) is 2.51. The van der Waals surface area contributed by atoms with Gasteiger partial charge in [0.2, 0.25) is 0 Å². The van der Waals surface area contributed by atoms with Crippen molar-refractivity contribution in [2.45, 2.75) is 39.2 Å². The van der Waals surface area contributed by atoms with Crippen LogP contribution in [0.1, 0.15) is 32.3 Å². The molecular formula is C17H28N2O. The van der Waals surface area contributed by atoms with Crippen LogP contribution in [0.15, 0.2) is 24.3 Å². The van der Waals surface area contributed by atoms with Crippen molar-refractivity contribution < 1.29 is 5.11 Å². The molecule has 0 spiro atoms. The van der Waals surface area contributed by atoms with Gasteiger partial charge in [-0.1, -0.05) is 26.0 Å². The molecule has 112 valence electrons. The summed E-state index contributed by atoms with van der Waals surface area (Å²) in [6.07, 6.45) is 2.01. The second kappa shape index (κ2) is 6.59. The minimum absolute atomic E-state index is 0.152. The van der Waals surface area contributed by atoms with Crippen molar-refractivity contribution in [2.75, 3.05) is 31.6 Å². The minimum atomic E-state index is -0.152. The Morgan fingerprint density at radius 1 is 1.30 bits per heavy atom. The molecule has 1 aromatic rings. The smallest absolute Gasteiger partial charge is 0.0662 e. The SMILES string of the molecule is Cc1cccc(NC2(CO)CCN(CC(C)C)CC2)c1. The first kappa shape index (κ1) is 15.3. The number of nitrogens with one attached hydrogen (secondary N) is 1. The predicted molar refractivity (Wildman–Crippen MR) is 85.1 cm³/mol. The van der Waals surface area contributed by atoms with Gasteiger partial charge in [-0.3, -0.25) is 0 Å². The maximum atomic E-state index is 9.86. The van der Waals surface area contributed by atoms with Crippen molar-refractivity contribution >= 4 is 5.69 Å². The van der Waals surface area contributed by atoms with Crippen LogP contribution in [0, 0.1) is 12.8 Å². The van der Waals surface area contributed by atoms with Gasteiger partial charge in [-0.25, -0.2) is 0 Å². The van der Waals surface area contributed by atoms with E-state index in [0.29, 0.717) is 5.92 Å². The molecule has 0 unspecified atom stereocenters. The lowest BCUT2D eigenvalue weighted by atomic mass is 9.87. The highest BCUT2D eigenvalue weighted by atomic mass is 16.3. The number of anilines is 1. The van der Waals surface area contributed by atoms with Crippen LogP contribution >= 0.6 is 0 Å². The molecule has 1 aliphatic rings. The summed E-state index contributed by atoms with van der Waals surface area (Å²) in [7, 11) is 0. The van der Waals surface area contributed by atoms with E-state index in [1.54, 1.807) is 0 Å². The number of piperidine rings is 1. The van der Waals surface area contributed by atoms with Crippen LogP contribution < -0.4 is 5.32 Å². The van der Waals surface area contributed by atoms with Gasteiger partial charge < -0.3 is 15.3 Å². The molecule has 2 N–H and O–H groups in total. The maximum absolute atomic E-state index is 9.86. The number of hydrogen-bond donors (Lipinski definition) is 2. The third-order valence-corrected chi connectivity index (χ3v) is 4.17. The summed E-state index contributed by atoms with van der Waals surface area (Å²) < 4.78 is 0. The molecule has 1 aliphatic heterocycles. The molecule has 0 saturated carbocycles. The molecule has 1 heterocycles. The molecule has 0 aliphatic carbocycles. The van der Waals surface area contributed by atoms with E-state index >= 15 is 0 Å². The van der Waals surface area contributed by atoms with E-state index in [-0.39, 0.29) is 12.1 Å². The zero-order valence-corrected chi connectivity index (χ0v) is 13.0. The van der Waals surface area contributed by atoms with Gasteiger partial charge in [0.15, 0.2) is 0 Å². The molecule has 1 aromatic carbocycles. The Bertz CT molecular complexity index is 423. The Kier molecular flexibility index (Phi) is 5.06. The monoisotopic (exact) mass is 276 g/mol. The fraction of sp³-hybridized carbons (Fsp3) is 0.647. The van der Waals surface area contributed by atoms with Crippen LogP contribution in [0.25, 0.3) is 0 Å². The fourth-order valence-corrected chi connectivity index (χ4v) is 3.03. The van der Waals surface area contributed by atoms with E-state index in [1.165, 1.54) is 5.56 Å². The van der Waals surface area contributed by atoms with Crippen molar-refractivity contribution in [3.05, 3.63) is 29.8 Å². The van der Waals surface area contributed by atoms with E-state index in [0.717, 1.165) is 38.2 Å². The van der Waals surface area contributed by atoms with Crippen LogP contribution in [0.2, 0.25) is 0 Å². The first-order valence-corrected chi connectivity index (χ1v) is 7.71. The van der Waals surface area contributed by atoms with Gasteiger partial charge in [-0.05, 0) is 43.4 Å². The quantitative estimate of drug-likeness (QED) is 0.868. The zero-order valence-electron chi connectivity index (χ0n) is 13.0. The largest absolute Gasteiger partial charge is 0.394 e. The number of nitrogens with zero attached hydrogens (tertiary/aromatic N) is 1.